The largest absolute Gasteiger partial charge is 0.478 e. The van der Waals surface area contributed by atoms with E-state index in [2.05, 4.69) is 4.72 Å². The van der Waals surface area contributed by atoms with Crippen LogP contribution in [0.5, 0.6) is 0 Å². The Morgan fingerprint density at radius 3 is 2.76 bits per heavy atom. The van der Waals surface area contributed by atoms with E-state index in [4.69, 9.17) is 5.11 Å². The summed E-state index contributed by atoms with van der Waals surface area (Å²) in [7, 11) is -3.59. The van der Waals surface area contributed by atoms with Crippen molar-refractivity contribution < 1.29 is 18.3 Å². The third-order valence-electron chi connectivity index (χ3n) is 3.37. The first-order chi connectivity index (χ1) is 9.81. The van der Waals surface area contributed by atoms with Crippen LogP contribution in [0.15, 0.2) is 18.2 Å². The zero-order chi connectivity index (χ0) is 15.6. The van der Waals surface area contributed by atoms with Crippen LogP contribution in [0.3, 0.4) is 0 Å². The molecule has 0 amide bonds. The summed E-state index contributed by atoms with van der Waals surface area (Å²) in [5.74, 6) is -0.783. The number of carbonyl (C=O) groups is 1. The lowest BCUT2D eigenvalue weighted by Crippen LogP contribution is -2.44. The van der Waals surface area contributed by atoms with Crippen molar-refractivity contribution >= 4 is 21.9 Å². The van der Waals surface area contributed by atoms with E-state index in [0.717, 1.165) is 5.56 Å². The minimum Gasteiger partial charge on any atom is -0.478 e. The second-order valence-electron chi connectivity index (χ2n) is 5.57. The van der Waals surface area contributed by atoms with Crippen molar-refractivity contribution in [2.24, 2.45) is 5.92 Å². The maximum atomic E-state index is 12.4. The van der Waals surface area contributed by atoms with Gasteiger partial charge in [-0.25, -0.2) is 4.79 Å². The molecule has 0 bridgehead atoms. The van der Waals surface area contributed by atoms with Crippen LogP contribution in [-0.4, -0.2) is 32.6 Å². The average molecular weight is 312 g/mol. The number of rotatable bonds is 5. The van der Waals surface area contributed by atoms with Gasteiger partial charge in [-0.3, -0.25) is 4.31 Å². The van der Waals surface area contributed by atoms with Crippen LogP contribution in [-0.2, 0) is 16.6 Å². The molecule has 6 nitrogen and oxygen atoms in total. The van der Waals surface area contributed by atoms with Crippen LogP contribution >= 0.6 is 0 Å². The zero-order valence-corrected chi connectivity index (χ0v) is 13.0. The summed E-state index contributed by atoms with van der Waals surface area (Å²) >= 11 is 0. The van der Waals surface area contributed by atoms with Gasteiger partial charge < -0.3 is 5.11 Å². The van der Waals surface area contributed by atoms with Crippen molar-refractivity contribution in [3.05, 3.63) is 29.3 Å². The maximum Gasteiger partial charge on any atom is 0.335 e. The number of aryl methyl sites for hydroxylation is 1. The summed E-state index contributed by atoms with van der Waals surface area (Å²) in [6, 6.07) is 4.58. The molecule has 1 aromatic rings. The molecule has 0 spiro atoms. The summed E-state index contributed by atoms with van der Waals surface area (Å²) in [5, 5.41) is 9.01. The number of anilines is 1. The molecule has 1 heterocycles. The number of carboxylic acid groups (broad SMARTS) is 1. The summed E-state index contributed by atoms with van der Waals surface area (Å²) < 4.78 is 28.7. The van der Waals surface area contributed by atoms with Gasteiger partial charge in [0.05, 0.1) is 11.3 Å². The molecule has 0 saturated carbocycles. The number of nitrogens with one attached hydrogen (secondary N) is 1. The van der Waals surface area contributed by atoms with Crippen molar-refractivity contribution in [3.63, 3.8) is 0 Å². The van der Waals surface area contributed by atoms with Crippen LogP contribution in [0.4, 0.5) is 5.69 Å². The Bertz CT molecular complexity index is 640. The first-order valence-corrected chi connectivity index (χ1v) is 8.39. The van der Waals surface area contributed by atoms with Gasteiger partial charge in [0.15, 0.2) is 0 Å². The van der Waals surface area contributed by atoms with Gasteiger partial charge in [0.2, 0.25) is 0 Å². The molecule has 2 rings (SSSR count). The van der Waals surface area contributed by atoms with Gasteiger partial charge in [-0.1, -0.05) is 13.8 Å². The molecule has 0 aromatic heterocycles. The molecule has 1 aliphatic rings. The Labute approximate surface area is 125 Å². The molecule has 1 aromatic carbocycles. The molecule has 0 saturated heterocycles. The number of carboxylic acids is 1. The van der Waals surface area contributed by atoms with Gasteiger partial charge in [-0.15, -0.1) is 0 Å². The molecule has 0 atom stereocenters. The fourth-order valence-electron chi connectivity index (χ4n) is 2.30. The van der Waals surface area contributed by atoms with Crippen LogP contribution in [0, 0.1) is 5.92 Å². The van der Waals surface area contributed by atoms with Crippen LogP contribution in [0.25, 0.3) is 0 Å². The Kier molecular flexibility index (Phi) is 4.53. The van der Waals surface area contributed by atoms with Gasteiger partial charge in [0.1, 0.15) is 0 Å². The standard InChI is InChI=1S/C14H20N2O4S/c1-10(2)9-15-21(19,20)16-7-3-4-11-8-12(14(17)18)5-6-13(11)16/h5-6,8,10,15H,3-4,7,9H2,1-2H3,(H,17,18). The number of hydrogen-bond acceptors (Lipinski definition) is 3. The lowest BCUT2D eigenvalue weighted by Gasteiger charge is -2.30. The Morgan fingerprint density at radius 1 is 1.43 bits per heavy atom. The van der Waals surface area contributed by atoms with Crippen molar-refractivity contribution in [1.29, 1.82) is 0 Å². The van der Waals surface area contributed by atoms with Crippen molar-refractivity contribution in [1.82, 2.24) is 4.72 Å². The van der Waals surface area contributed by atoms with Gasteiger partial charge >= 0.3 is 16.2 Å². The van der Waals surface area contributed by atoms with E-state index in [1.54, 1.807) is 12.1 Å². The maximum absolute atomic E-state index is 12.4. The quantitative estimate of drug-likeness (QED) is 0.865. The minimum absolute atomic E-state index is 0.183. The molecule has 0 fully saturated rings. The van der Waals surface area contributed by atoms with Crippen LogP contribution in [0.1, 0.15) is 36.2 Å². The monoisotopic (exact) mass is 312 g/mol. The molecule has 0 aliphatic carbocycles. The first-order valence-electron chi connectivity index (χ1n) is 6.95. The van der Waals surface area contributed by atoms with E-state index < -0.39 is 16.2 Å². The van der Waals surface area contributed by atoms with Gasteiger partial charge in [0.25, 0.3) is 0 Å². The van der Waals surface area contributed by atoms with Gasteiger partial charge in [0, 0.05) is 13.1 Å². The zero-order valence-electron chi connectivity index (χ0n) is 12.2. The number of fused-ring (bicyclic) bond motifs is 1. The molecular formula is C14H20N2O4S. The predicted octanol–water partition coefficient (Wildman–Crippen LogP) is 1.63. The van der Waals surface area contributed by atoms with Gasteiger partial charge in [-0.05, 0) is 42.5 Å². The number of aromatic carboxylic acids is 1. The van der Waals surface area contributed by atoms with E-state index in [1.165, 1.54) is 10.4 Å². The van der Waals surface area contributed by atoms with Crippen molar-refractivity contribution in [2.75, 3.05) is 17.4 Å². The smallest absolute Gasteiger partial charge is 0.335 e. The van der Waals surface area contributed by atoms with Crippen LogP contribution in [0.2, 0.25) is 0 Å². The number of hydrogen-bond donors (Lipinski definition) is 2. The summed E-state index contributed by atoms with van der Waals surface area (Å²) in [5.41, 5.74) is 1.52. The first kappa shape index (κ1) is 15.8. The molecule has 0 unspecified atom stereocenters. The minimum atomic E-state index is -3.59. The lowest BCUT2D eigenvalue weighted by atomic mass is 10.0. The van der Waals surface area contributed by atoms with Gasteiger partial charge in [-0.2, -0.15) is 13.1 Å². The Hall–Kier alpha value is -1.60. The summed E-state index contributed by atoms with van der Waals surface area (Å²) in [6.45, 7) is 4.66. The van der Waals surface area contributed by atoms with E-state index >= 15 is 0 Å². The van der Waals surface area contributed by atoms with Crippen molar-refractivity contribution in [2.45, 2.75) is 26.7 Å². The van der Waals surface area contributed by atoms with E-state index in [9.17, 15) is 13.2 Å². The fraction of sp³-hybridized carbons (Fsp3) is 0.500. The number of benzene rings is 1. The highest BCUT2D eigenvalue weighted by molar-refractivity contribution is 7.90. The Balaban J connectivity index is 2.32. The highest BCUT2D eigenvalue weighted by Gasteiger charge is 2.27. The van der Waals surface area contributed by atoms with E-state index in [1.807, 2.05) is 13.8 Å². The van der Waals surface area contributed by atoms with Crippen LogP contribution < -0.4 is 9.03 Å². The third-order valence-corrected chi connectivity index (χ3v) is 4.86. The van der Waals surface area contributed by atoms with E-state index in [-0.39, 0.29) is 11.5 Å². The third kappa shape index (κ3) is 3.54. The lowest BCUT2D eigenvalue weighted by molar-refractivity contribution is 0.0696. The normalized spacial score (nSPS) is 15.1. The van der Waals surface area contributed by atoms with E-state index in [0.29, 0.717) is 31.6 Å². The predicted molar refractivity (Wildman–Crippen MR) is 80.8 cm³/mol. The molecule has 2 N–H and O–H groups in total. The second-order valence-corrected chi connectivity index (χ2v) is 7.25. The highest BCUT2D eigenvalue weighted by atomic mass is 32.2. The molecule has 1 aliphatic heterocycles. The topological polar surface area (TPSA) is 86.7 Å². The Morgan fingerprint density at radius 2 is 2.14 bits per heavy atom. The average Bonchev–Trinajstić information content (AvgIpc) is 2.44. The summed E-state index contributed by atoms with van der Waals surface area (Å²) in [4.78, 5) is 11.0. The molecule has 21 heavy (non-hydrogen) atoms. The molecule has 7 heteroatoms. The summed E-state index contributed by atoms with van der Waals surface area (Å²) in [6.07, 6.45) is 1.37. The molecule has 116 valence electrons. The number of nitrogens with zero attached hydrogens (tertiary/aromatic N) is 1. The second kappa shape index (κ2) is 6.03. The molecular weight excluding hydrogens is 292 g/mol. The highest BCUT2D eigenvalue weighted by Crippen LogP contribution is 2.29. The van der Waals surface area contributed by atoms with Crippen molar-refractivity contribution in [3.8, 4) is 0 Å². The molecule has 0 radical (unpaired) electrons. The SMILES string of the molecule is CC(C)CNS(=O)(=O)N1CCCc2cc(C(=O)O)ccc21. The fourth-order valence-corrected chi connectivity index (χ4v) is 3.80.